The maximum atomic E-state index is 12.6. The minimum absolute atomic E-state index is 0.107. The van der Waals surface area contributed by atoms with E-state index in [4.69, 9.17) is 9.47 Å². The lowest BCUT2D eigenvalue weighted by atomic mass is 10.0. The number of aromatic nitrogens is 1. The van der Waals surface area contributed by atoms with Crippen LogP contribution in [0.5, 0.6) is 0 Å². The number of nitrogens with one attached hydrogen (secondary N) is 1. The first-order chi connectivity index (χ1) is 12.2. The van der Waals surface area contributed by atoms with E-state index in [1.807, 2.05) is 48.5 Å². The molecular weight excluding hydrogens is 316 g/mol. The van der Waals surface area contributed by atoms with Crippen molar-refractivity contribution in [2.24, 2.45) is 0 Å². The summed E-state index contributed by atoms with van der Waals surface area (Å²) < 4.78 is 11.2. The van der Waals surface area contributed by atoms with Crippen LogP contribution in [0.3, 0.4) is 0 Å². The van der Waals surface area contributed by atoms with E-state index in [9.17, 15) is 4.79 Å². The molecule has 2 aromatic rings. The maximum Gasteiger partial charge on any atom is 0.249 e. The fourth-order valence-electron chi connectivity index (χ4n) is 2.88. The molecule has 5 heteroatoms. The van der Waals surface area contributed by atoms with E-state index in [0.717, 1.165) is 30.7 Å². The number of carbonyl (C=O) groups is 1. The topological polar surface area (TPSA) is 60.5 Å². The highest BCUT2D eigenvalue weighted by molar-refractivity contribution is 5.81. The van der Waals surface area contributed by atoms with Crippen molar-refractivity contribution in [1.82, 2.24) is 10.3 Å². The molecule has 0 bridgehead atoms. The standard InChI is InChI=1S/C20H24N2O3/c1-15(25-14-17-10-7-13-24-17)20(23)22-19(16-8-3-2-4-9-16)18-11-5-6-12-21-18/h2-6,8-9,11-12,15,17,19H,7,10,13-14H2,1H3,(H,22,23)/t15-,17+,19-/m0/s1. The van der Waals surface area contributed by atoms with Crippen molar-refractivity contribution in [3.05, 3.63) is 66.0 Å². The summed E-state index contributed by atoms with van der Waals surface area (Å²) in [5, 5.41) is 3.06. The summed E-state index contributed by atoms with van der Waals surface area (Å²) in [5.41, 5.74) is 1.79. The smallest absolute Gasteiger partial charge is 0.249 e. The Morgan fingerprint density at radius 2 is 2.08 bits per heavy atom. The summed E-state index contributed by atoms with van der Waals surface area (Å²) in [6.07, 6.45) is 3.35. The molecule has 2 heterocycles. The van der Waals surface area contributed by atoms with E-state index in [1.165, 1.54) is 0 Å². The molecule has 0 radical (unpaired) electrons. The zero-order chi connectivity index (χ0) is 17.5. The summed E-state index contributed by atoms with van der Waals surface area (Å²) in [6.45, 7) is 3.00. The van der Waals surface area contributed by atoms with Crippen LogP contribution < -0.4 is 5.32 Å². The number of carbonyl (C=O) groups excluding carboxylic acids is 1. The van der Waals surface area contributed by atoms with Gasteiger partial charge in [-0.05, 0) is 37.5 Å². The summed E-state index contributed by atoms with van der Waals surface area (Å²) in [5.74, 6) is -0.155. The van der Waals surface area contributed by atoms with Gasteiger partial charge in [-0.15, -0.1) is 0 Å². The monoisotopic (exact) mass is 340 g/mol. The van der Waals surface area contributed by atoms with Crippen LogP contribution in [0.1, 0.15) is 37.1 Å². The lowest BCUT2D eigenvalue weighted by molar-refractivity contribution is -0.134. The fourth-order valence-corrected chi connectivity index (χ4v) is 2.88. The lowest BCUT2D eigenvalue weighted by Gasteiger charge is -2.22. The highest BCUT2D eigenvalue weighted by Gasteiger charge is 2.23. The van der Waals surface area contributed by atoms with Crippen LogP contribution in [0.2, 0.25) is 0 Å². The van der Waals surface area contributed by atoms with Gasteiger partial charge in [0.05, 0.1) is 24.4 Å². The number of hydrogen-bond donors (Lipinski definition) is 1. The normalized spacial score (nSPS) is 19.3. The molecular formula is C20H24N2O3. The molecule has 1 aliphatic rings. The molecule has 1 amide bonds. The van der Waals surface area contributed by atoms with E-state index in [2.05, 4.69) is 10.3 Å². The first-order valence-electron chi connectivity index (χ1n) is 8.73. The summed E-state index contributed by atoms with van der Waals surface area (Å²) in [6, 6.07) is 15.2. The first-order valence-corrected chi connectivity index (χ1v) is 8.73. The van der Waals surface area contributed by atoms with E-state index >= 15 is 0 Å². The third-order valence-corrected chi connectivity index (χ3v) is 4.33. The molecule has 25 heavy (non-hydrogen) atoms. The zero-order valence-corrected chi connectivity index (χ0v) is 14.4. The van der Waals surface area contributed by atoms with Crippen molar-refractivity contribution in [2.45, 2.75) is 38.0 Å². The molecule has 5 nitrogen and oxygen atoms in total. The largest absolute Gasteiger partial charge is 0.376 e. The minimum Gasteiger partial charge on any atom is -0.376 e. The van der Waals surface area contributed by atoms with Gasteiger partial charge in [0.25, 0.3) is 0 Å². The Balaban J connectivity index is 1.66. The van der Waals surface area contributed by atoms with Gasteiger partial charge in [0.2, 0.25) is 5.91 Å². The molecule has 0 unspecified atom stereocenters. The predicted octanol–water partition coefficient (Wildman–Crippen LogP) is 2.87. The van der Waals surface area contributed by atoms with Crippen molar-refractivity contribution in [3.63, 3.8) is 0 Å². The minimum atomic E-state index is -0.542. The Hall–Kier alpha value is -2.24. The summed E-state index contributed by atoms with van der Waals surface area (Å²) >= 11 is 0. The SMILES string of the molecule is C[C@H](OC[C@H]1CCCO1)C(=O)N[C@@H](c1ccccc1)c1ccccn1. The van der Waals surface area contributed by atoms with Gasteiger partial charge in [-0.25, -0.2) is 0 Å². The maximum absolute atomic E-state index is 12.6. The second-order valence-electron chi connectivity index (χ2n) is 6.22. The number of rotatable bonds is 7. The Labute approximate surface area is 148 Å². The predicted molar refractivity (Wildman–Crippen MR) is 95.1 cm³/mol. The van der Waals surface area contributed by atoms with Gasteiger partial charge < -0.3 is 14.8 Å². The summed E-state index contributed by atoms with van der Waals surface area (Å²) in [4.78, 5) is 17.0. The quantitative estimate of drug-likeness (QED) is 0.842. The van der Waals surface area contributed by atoms with Crippen LogP contribution in [0, 0.1) is 0 Å². The molecule has 132 valence electrons. The number of hydrogen-bond acceptors (Lipinski definition) is 4. The molecule has 1 aromatic heterocycles. The van der Waals surface area contributed by atoms with Crippen LogP contribution in [-0.4, -0.2) is 36.3 Å². The molecule has 0 spiro atoms. The fraction of sp³-hybridized carbons (Fsp3) is 0.400. The second-order valence-corrected chi connectivity index (χ2v) is 6.22. The first kappa shape index (κ1) is 17.6. The molecule has 3 rings (SSSR count). The van der Waals surface area contributed by atoms with Crippen LogP contribution in [-0.2, 0) is 14.3 Å². The van der Waals surface area contributed by atoms with Gasteiger partial charge >= 0.3 is 0 Å². The third kappa shape index (κ3) is 4.87. The molecule has 0 saturated carbocycles. The average Bonchev–Trinajstić information content (AvgIpc) is 3.19. The number of amides is 1. The number of benzene rings is 1. The highest BCUT2D eigenvalue weighted by Crippen LogP contribution is 2.20. The van der Waals surface area contributed by atoms with Crippen molar-refractivity contribution in [1.29, 1.82) is 0 Å². The Kier molecular flexibility index (Phi) is 6.14. The average molecular weight is 340 g/mol. The van der Waals surface area contributed by atoms with E-state index in [-0.39, 0.29) is 18.1 Å². The van der Waals surface area contributed by atoms with Crippen molar-refractivity contribution < 1.29 is 14.3 Å². The second kappa shape index (κ2) is 8.74. The van der Waals surface area contributed by atoms with Crippen molar-refractivity contribution in [3.8, 4) is 0 Å². The Bertz CT molecular complexity index is 618. The van der Waals surface area contributed by atoms with Gasteiger partial charge in [-0.3, -0.25) is 9.78 Å². The number of ether oxygens (including phenoxy) is 2. The molecule has 1 fully saturated rings. The Morgan fingerprint density at radius 1 is 1.28 bits per heavy atom. The van der Waals surface area contributed by atoms with Crippen molar-refractivity contribution in [2.75, 3.05) is 13.2 Å². The van der Waals surface area contributed by atoms with Crippen LogP contribution in [0.4, 0.5) is 0 Å². The van der Waals surface area contributed by atoms with E-state index in [0.29, 0.717) is 6.61 Å². The van der Waals surface area contributed by atoms with E-state index in [1.54, 1.807) is 13.1 Å². The lowest BCUT2D eigenvalue weighted by Crippen LogP contribution is -2.38. The number of nitrogens with zero attached hydrogens (tertiary/aromatic N) is 1. The third-order valence-electron chi connectivity index (χ3n) is 4.33. The molecule has 0 aliphatic carbocycles. The molecule has 1 saturated heterocycles. The summed E-state index contributed by atoms with van der Waals surface area (Å²) in [7, 11) is 0. The van der Waals surface area contributed by atoms with Crippen LogP contribution in [0.25, 0.3) is 0 Å². The van der Waals surface area contributed by atoms with Crippen molar-refractivity contribution >= 4 is 5.91 Å². The molecule has 3 atom stereocenters. The zero-order valence-electron chi connectivity index (χ0n) is 14.4. The van der Waals surface area contributed by atoms with Gasteiger partial charge in [-0.1, -0.05) is 36.4 Å². The number of pyridine rings is 1. The van der Waals surface area contributed by atoms with Crippen LogP contribution in [0.15, 0.2) is 54.7 Å². The van der Waals surface area contributed by atoms with E-state index < -0.39 is 6.10 Å². The van der Waals surface area contributed by atoms with Gasteiger partial charge in [0.15, 0.2) is 0 Å². The highest BCUT2D eigenvalue weighted by atomic mass is 16.5. The molecule has 1 aromatic carbocycles. The molecule has 1 N–H and O–H groups in total. The Morgan fingerprint density at radius 3 is 2.76 bits per heavy atom. The molecule has 1 aliphatic heterocycles. The van der Waals surface area contributed by atoms with Gasteiger partial charge in [0, 0.05) is 12.8 Å². The van der Waals surface area contributed by atoms with Gasteiger partial charge in [-0.2, -0.15) is 0 Å². The van der Waals surface area contributed by atoms with Crippen LogP contribution >= 0.6 is 0 Å². The van der Waals surface area contributed by atoms with Gasteiger partial charge in [0.1, 0.15) is 6.10 Å².